The number of hydrogen-bond acceptors (Lipinski definition) is 4. The number of carbonyl (C=O) groups is 2. The molecule has 0 fully saturated rings. The lowest BCUT2D eigenvalue weighted by molar-refractivity contribution is -0.118. The summed E-state index contributed by atoms with van der Waals surface area (Å²) in [5.41, 5.74) is 1.72. The van der Waals surface area contributed by atoms with E-state index in [4.69, 9.17) is 4.74 Å². The third-order valence-electron chi connectivity index (χ3n) is 3.63. The molecule has 7 heteroatoms. The van der Waals surface area contributed by atoms with E-state index in [1.807, 2.05) is 29.7 Å². The van der Waals surface area contributed by atoms with Crippen molar-refractivity contribution in [2.24, 2.45) is 4.99 Å². The molecule has 1 aromatic carbocycles. The second kappa shape index (κ2) is 9.48. The van der Waals surface area contributed by atoms with Crippen LogP contribution in [-0.2, 0) is 20.9 Å². The number of carbonyl (C=O) groups excluding carboxylic acids is 2. The molecule has 25 heavy (non-hydrogen) atoms. The summed E-state index contributed by atoms with van der Waals surface area (Å²) < 4.78 is 8.44. The van der Waals surface area contributed by atoms with Gasteiger partial charge in [0.2, 0.25) is 11.8 Å². The molecule has 0 saturated heterocycles. The smallest absolute Gasteiger partial charge is 0.248 e. The standard InChI is InChI=1S/C18H25N3O3S/c1-4-6-7-17(23)20-18-21(10-11-24-5-2)15-9-8-14(19-13(3)22)12-16(15)25-18/h8-9,12H,4-7,10-11H2,1-3H3,(H,19,22). The second-order valence-corrected chi connectivity index (χ2v) is 6.72. The zero-order chi connectivity index (χ0) is 18.2. The number of nitrogens with zero attached hydrogens (tertiary/aromatic N) is 2. The zero-order valence-corrected chi connectivity index (χ0v) is 15.8. The van der Waals surface area contributed by atoms with Gasteiger partial charge in [-0.2, -0.15) is 4.99 Å². The van der Waals surface area contributed by atoms with Crippen molar-refractivity contribution < 1.29 is 14.3 Å². The number of amides is 2. The monoisotopic (exact) mass is 363 g/mol. The molecule has 2 rings (SSSR count). The van der Waals surface area contributed by atoms with Gasteiger partial charge in [0, 0.05) is 32.2 Å². The zero-order valence-electron chi connectivity index (χ0n) is 15.0. The van der Waals surface area contributed by atoms with Crippen molar-refractivity contribution in [1.82, 2.24) is 4.57 Å². The third kappa shape index (κ3) is 5.51. The maximum atomic E-state index is 12.1. The van der Waals surface area contributed by atoms with Gasteiger partial charge in [-0.25, -0.2) is 0 Å². The lowest BCUT2D eigenvalue weighted by Gasteiger charge is -2.06. The van der Waals surface area contributed by atoms with Crippen LogP contribution in [0.15, 0.2) is 23.2 Å². The lowest BCUT2D eigenvalue weighted by Crippen LogP contribution is -2.19. The summed E-state index contributed by atoms with van der Waals surface area (Å²) in [4.78, 5) is 28.3. The molecule has 0 spiro atoms. The molecular weight excluding hydrogens is 338 g/mol. The Kier molecular flexibility index (Phi) is 7.33. The van der Waals surface area contributed by atoms with E-state index < -0.39 is 0 Å². The fourth-order valence-electron chi connectivity index (χ4n) is 2.45. The summed E-state index contributed by atoms with van der Waals surface area (Å²) in [6.07, 6.45) is 2.28. The van der Waals surface area contributed by atoms with Gasteiger partial charge in [0.05, 0.1) is 16.8 Å². The first-order chi connectivity index (χ1) is 12.0. The summed E-state index contributed by atoms with van der Waals surface area (Å²) in [7, 11) is 0. The Balaban J connectivity index is 2.42. The number of rotatable bonds is 8. The van der Waals surface area contributed by atoms with E-state index in [-0.39, 0.29) is 11.8 Å². The molecule has 1 N–H and O–H groups in total. The van der Waals surface area contributed by atoms with Crippen LogP contribution >= 0.6 is 11.3 Å². The number of aromatic nitrogens is 1. The largest absolute Gasteiger partial charge is 0.380 e. The van der Waals surface area contributed by atoms with E-state index >= 15 is 0 Å². The minimum atomic E-state index is -0.111. The predicted octanol–water partition coefficient (Wildman–Crippen LogP) is 3.32. The fraction of sp³-hybridized carbons (Fsp3) is 0.500. The molecule has 0 aliphatic rings. The maximum absolute atomic E-state index is 12.1. The van der Waals surface area contributed by atoms with Crippen LogP contribution in [0.2, 0.25) is 0 Å². The number of ether oxygens (including phenoxy) is 1. The number of anilines is 1. The molecule has 0 atom stereocenters. The highest BCUT2D eigenvalue weighted by atomic mass is 32.1. The van der Waals surface area contributed by atoms with Crippen LogP contribution in [0.25, 0.3) is 10.2 Å². The molecule has 6 nitrogen and oxygen atoms in total. The van der Waals surface area contributed by atoms with Crippen molar-refractivity contribution in [3.05, 3.63) is 23.0 Å². The Morgan fingerprint density at radius 1 is 1.32 bits per heavy atom. The van der Waals surface area contributed by atoms with Gasteiger partial charge in [0.15, 0.2) is 4.80 Å². The Labute approximate surface area is 151 Å². The van der Waals surface area contributed by atoms with Gasteiger partial charge < -0.3 is 14.6 Å². The van der Waals surface area contributed by atoms with Crippen molar-refractivity contribution >= 4 is 39.1 Å². The SMILES string of the molecule is CCCCC(=O)N=c1sc2cc(NC(C)=O)ccc2n1CCOCC. The normalized spacial score (nSPS) is 11.9. The predicted molar refractivity (Wildman–Crippen MR) is 101 cm³/mol. The first-order valence-corrected chi connectivity index (χ1v) is 9.43. The molecule has 0 radical (unpaired) electrons. The van der Waals surface area contributed by atoms with Gasteiger partial charge in [0.1, 0.15) is 0 Å². The van der Waals surface area contributed by atoms with Crippen LogP contribution in [0, 0.1) is 0 Å². The molecule has 0 aliphatic carbocycles. The van der Waals surface area contributed by atoms with Gasteiger partial charge >= 0.3 is 0 Å². The first kappa shape index (κ1) is 19.3. The van der Waals surface area contributed by atoms with Crippen LogP contribution in [-0.4, -0.2) is 29.6 Å². The number of unbranched alkanes of at least 4 members (excludes halogenated alkanes) is 1. The van der Waals surface area contributed by atoms with Crippen LogP contribution in [0.1, 0.15) is 40.0 Å². The highest BCUT2D eigenvalue weighted by Gasteiger charge is 2.09. The molecule has 2 amide bonds. The number of fused-ring (bicyclic) bond motifs is 1. The summed E-state index contributed by atoms with van der Waals surface area (Å²) in [5.74, 6) is -0.208. The molecule has 2 aromatic rings. The van der Waals surface area contributed by atoms with Crippen LogP contribution < -0.4 is 10.1 Å². The van der Waals surface area contributed by atoms with E-state index in [9.17, 15) is 9.59 Å². The first-order valence-electron chi connectivity index (χ1n) is 8.61. The molecular formula is C18H25N3O3S. The van der Waals surface area contributed by atoms with Gasteiger partial charge in [-0.15, -0.1) is 0 Å². The summed E-state index contributed by atoms with van der Waals surface area (Å²) in [6.45, 7) is 7.33. The fourth-order valence-corrected chi connectivity index (χ4v) is 3.56. The summed E-state index contributed by atoms with van der Waals surface area (Å²) in [5, 5.41) is 2.78. The summed E-state index contributed by atoms with van der Waals surface area (Å²) >= 11 is 1.45. The molecule has 136 valence electrons. The molecule has 1 heterocycles. The minimum absolute atomic E-state index is 0.0966. The Hall–Kier alpha value is -1.99. The Bertz CT molecular complexity index is 807. The Morgan fingerprint density at radius 3 is 2.80 bits per heavy atom. The van der Waals surface area contributed by atoms with E-state index in [0.29, 0.717) is 31.0 Å². The van der Waals surface area contributed by atoms with Crippen molar-refractivity contribution in [2.75, 3.05) is 18.5 Å². The van der Waals surface area contributed by atoms with Crippen LogP contribution in [0.4, 0.5) is 5.69 Å². The van der Waals surface area contributed by atoms with Crippen molar-refractivity contribution in [3.8, 4) is 0 Å². The summed E-state index contributed by atoms with van der Waals surface area (Å²) in [6, 6.07) is 5.71. The highest BCUT2D eigenvalue weighted by Crippen LogP contribution is 2.22. The van der Waals surface area contributed by atoms with Gasteiger partial charge in [-0.3, -0.25) is 9.59 Å². The van der Waals surface area contributed by atoms with E-state index in [1.54, 1.807) is 0 Å². The van der Waals surface area contributed by atoms with Gasteiger partial charge in [0.25, 0.3) is 0 Å². The number of nitrogens with one attached hydrogen (secondary N) is 1. The molecule has 1 aromatic heterocycles. The Morgan fingerprint density at radius 2 is 2.12 bits per heavy atom. The van der Waals surface area contributed by atoms with E-state index in [1.165, 1.54) is 18.3 Å². The van der Waals surface area contributed by atoms with Gasteiger partial charge in [-0.1, -0.05) is 24.7 Å². The average molecular weight is 363 g/mol. The third-order valence-corrected chi connectivity index (χ3v) is 4.67. The molecule has 0 aliphatic heterocycles. The van der Waals surface area contributed by atoms with Crippen LogP contribution in [0.5, 0.6) is 0 Å². The second-order valence-electron chi connectivity index (χ2n) is 5.71. The number of benzene rings is 1. The average Bonchev–Trinajstić information content (AvgIpc) is 2.89. The quantitative estimate of drug-likeness (QED) is 0.731. The lowest BCUT2D eigenvalue weighted by atomic mass is 10.2. The van der Waals surface area contributed by atoms with Gasteiger partial charge in [-0.05, 0) is 31.5 Å². The van der Waals surface area contributed by atoms with Crippen molar-refractivity contribution in [2.45, 2.75) is 46.6 Å². The number of hydrogen-bond donors (Lipinski definition) is 1. The highest BCUT2D eigenvalue weighted by molar-refractivity contribution is 7.16. The van der Waals surface area contributed by atoms with Crippen molar-refractivity contribution in [3.63, 3.8) is 0 Å². The van der Waals surface area contributed by atoms with Crippen molar-refractivity contribution in [1.29, 1.82) is 0 Å². The molecule has 0 saturated carbocycles. The molecule has 0 unspecified atom stereocenters. The van der Waals surface area contributed by atoms with Crippen LogP contribution in [0.3, 0.4) is 0 Å². The number of thiazole rings is 1. The molecule has 0 bridgehead atoms. The topological polar surface area (TPSA) is 72.7 Å². The minimum Gasteiger partial charge on any atom is -0.380 e. The van der Waals surface area contributed by atoms with E-state index in [2.05, 4.69) is 17.2 Å². The van der Waals surface area contributed by atoms with E-state index in [0.717, 1.165) is 28.7 Å². The maximum Gasteiger partial charge on any atom is 0.248 e.